The number of ether oxygens (including phenoxy) is 2. The number of alkyl halides is 1. The van der Waals surface area contributed by atoms with Crippen LogP contribution in [0.4, 0.5) is 0 Å². The molecule has 100 valence electrons. The smallest absolute Gasteiger partial charge is 0.170 e. The largest absolute Gasteiger partial charge is 0.507 e. The predicted octanol–water partition coefficient (Wildman–Crippen LogP) is 3.16. The average Bonchev–Trinajstić information content (AvgIpc) is 2.37. The second kappa shape index (κ2) is 7.26. The maximum absolute atomic E-state index is 12.0. The summed E-state index contributed by atoms with van der Waals surface area (Å²) in [6.45, 7) is 0. The van der Waals surface area contributed by atoms with Crippen molar-refractivity contribution in [2.24, 2.45) is 0 Å². The van der Waals surface area contributed by atoms with Gasteiger partial charge in [0.05, 0.1) is 14.2 Å². The molecular formula is C13H17BrO4. The topological polar surface area (TPSA) is 55.8 Å². The molecule has 0 saturated heterocycles. The molecule has 1 aromatic rings. The average molecular weight is 317 g/mol. The number of methoxy groups -OCH3 is 2. The third-order valence-electron chi connectivity index (χ3n) is 2.58. The highest BCUT2D eigenvalue weighted by Gasteiger charge is 2.18. The molecule has 0 aromatic heterocycles. The van der Waals surface area contributed by atoms with E-state index >= 15 is 0 Å². The van der Waals surface area contributed by atoms with Crippen molar-refractivity contribution in [2.45, 2.75) is 19.3 Å². The summed E-state index contributed by atoms with van der Waals surface area (Å²) in [6, 6.07) is 3.01. The number of benzene rings is 1. The number of halogens is 1. The highest BCUT2D eigenvalue weighted by atomic mass is 79.9. The molecule has 0 aliphatic heterocycles. The molecule has 1 rings (SSSR count). The van der Waals surface area contributed by atoms with Gasteiger partial charge in [0, 0.05) is 23.9 Å². The van der Waals surface area contributed by atoms with Gasteiger partial charge in [-0.3, -0.25) is 4.79 Å². The number of phenolic OH excluding ortho intramolecular Hbond substituents is 1. The second-order valence-corrected chi connectivity index (χ2v) is 4.59. The van der Waals surface area contributed by atoms with Crippen LogP contribution >= 0.6 is 15.9 Å². The number of rotatable bonds is 7. The Morgan fingerprint density at radius 3 is 2.56 bits per heavy atom. The minimum absolute atomic E-state index is 0.102. The van der Waals surface area contributed by atoms with E-state index in [0.717, 1.165) is 18.2 Å². The standard InChI is InChI=1S/C13H17BrO4/c1-17-9-7-11(16)13(12(8-9)18-2)10(15)5-3-4-6-14/h7-8,16H,3-6H2,1-2H3. The van der Waals surface area contributed by atoms with Crippen LogP contribution < -0.4 is 9.47 Å². The molecule has 0 spiro atoms. The summed E-state index contributed by atoms with van der Waals surface area (Å²) in [5, 5.41) is 10.7. The zero-order chi connectivity index (χ0) is 13.5. The highest BCUT2D eigenvalue weighted by molar-refractivity contribution is 9.09. The first-order chi connectivity index (χ1) is 8.63. The van der Waals surface area contributed by atoms with Crippen molar-refractivity contribution in [1.29, 1.82) is 0 Å². The molecule has 0 atom stereocenters. The van der Waals surface area contributed by atoms with Crippen LogP contribution in [0.5, 0.6) is 17.2 Å². The maximum atomic E-state index is 12.0. The summed E-state index contributed by atoms with van der Waals surface area (Å²) in [5.74, 6) is 0.583. The molecule has 0 heterocycles. The molecule has 0 aliphatic carbocycles. The van der Waals surface area contributed by atoms with E-state index in [2.05, 4.69) is 15.9 Å². The van der Waals surface area contributed by atoms with Gasteiger partial charge in [0.25, 0.3) is 0 Å². The molecule has 0 unspecified atom stereocenters. The van der Waals surface area contributed by atoms with Gasteiger partial charge in [-0.05, 0) is 12.8 Å². The molecule has 18 heavy (non-hydrogen) atoms. The number of aromatic hydroxyl groups is 1. The van der Waals surface area contributed by atoms with Crippen LogP contribution in [0.25, 0.3) is 0 Å². The van der Waals surface area contributed by atoms with E-state index in [0.29, 0.717) is 17.9 Å². The molecule has 0 amide bonds. The van der Waals surface area contributed by atoms with E-state index in [-0.39, 0.29) is 17.1 Å². The number of phenols is 1. The molecule has 0 aliphatic rings. The fourth-order valence-electron chi connectivity index (χ4n) is 1.64. The number of hydrogen-bond donors (Lipinski definition) is 1. The van der Waals surface area contributed by atoms with Crippen LogP contribution in [-0.2, 0) is 0 Å². The van der Waals surface area contributed by atoms with Crippen LogP contribution in [0, 0.1) is 0 Å². The van der Waals surface area contributed by atoms with Gasteiger partial charge >= 0.3 is 0 Å². The molecule has 0 radical (unpaired) electrons. The Labute approximate surface area is 115 Å². The normalized spacial score (nSPS) is 10.2. The third kappa shape index (κ3) is 3.63. The minimum Gasteiger partial charge on any atom is -0.507 e. The lowest BCUT2D eigenvalue weighted by atomic mass is 10.0. The summed E-state index contributed by atoms with van der Waals surface area (Å²) in [5.41, 5.74) is 0.230. The van der Waals surface area contributed by atoms with Crippen molar-refractivity contribution in [1.82, 2.24) is 0 Å². The zero-order valence-electron chi connectivity index (χ0n) is 10.5. The Hall–Kier alpha value is -1.23. The number of carbonyl (C=O) groups excluding carboxylic acids is 1. The first-order valence-corrected chi connectivity index (χ1v) is 6.80. The maximum Gasteiger partial charge on any atom is 0.170 e. The summed E-state index contributed by atoms with van der Waals surface area (Å²) >= 11 is 3.32. The molecular weight excluding hydrogens is 300 g/mol. The van der Waals surface area contributed by atoms with Crippen molar-refractivity contribution in [2.75, 3.05) is 19.5 Å². The van der Waals surface area contributed by atoms with Gasteiger partial charge in [0.15, 0.2) is 5.78 Å². The van der Waals surface area contributed by atoms with Crippen molar-refractivity contribution < 1.29 is 19.4 Å². The molecule has 0 bridgehead atoms. The number of carbonyl (C=O) groups is 1. The van der Waals surface area contributed by atoms with Gasteiger partial charge in [-0.25, -0.2) is 0 Å². The minimum atomic E-state index is -0.118. The SMILES string of the molecule is COc1cc(O)c(C(=O)CCCCBr)c(OC)c1. The zero-order valence-corrected chi connectivity index (χ0v) is 12.1. The Kier molecular flexibility index (Phi) is 5.98. The van der Waals surface area contributed by atoms with Crippen LogP contribution in [-0.4, -0.2) is 30.4 Å². The first-order valence-electron chi connectivity index (χ1n) is 5.68. The summed E-state index contributed by atoms with van der Waals surface area (Å²) in [7, 11) is 2.95. The van der Waals surface area contributed by atoms with Crippen LogP contribution in [0.2, 0.25) is 0 Å². The van der Waals surface area contributed by atoms with E-state index < -0.39 is 0 Å². The third-order valence-corrected chi connectivity index (χ3v) is 3.14. The fourth-order valence-corrected chi connectivity index (χ4v) is 2.04. The first kappa shape index (κ1) is 14.8. The fraction of sp³-hybridized carbons (Fsp3) is 0.462. The van der Waals surface area contributed by atoms with E-state index in [9.17, 15) is 9.90 Å². The van der Waals surface area contributed by atoms with Gasteiger partial charge in [-0.15, -0.1) is 0 Å². The summed E-state index contributed by atoms with van der Waals surface area (Å²) in [4.78, 5) is 12.0. The number of Topliss-reactive ketones (excluding diaryl/α,β-unsaturated/α-hetero) is 1. The van der Waals surface area contributed by atoms with Crippen molar-refractivity contribution in [3.8, 4) is 17.2 Å². The second-order valence-electron chi connectivity index (χ2n) is 3.79. The Balaban J connectivity index is 2.96. The molecule has 0 fully saturated rings. The van der Waals surface area contributed by atoms with Gasteiger partial charge in [0.2, 0.25) is 0 Å². The Bertz CT molecular complexity index is 418. The monoisotopic (exact) mass is 316 g/mol. The van der Waals surface area contributed by atoms with Gasteiger partial charge in [0.1, 0.15) is 22.8 Å². The van der Waals surface area contributed by atoms with Crippen molar-refractivity contribution in [3.63, 3.8) is 0 Å². The molecule has 4 nitrogen and oxygen atoms in total. The molecule has 1 N–H and O–H groups in total. The summed E-state index contributed by atoms with van der Waals surface area (Å²) < 4.78 is 10.1. The van der Waals surface area contributed by atoms with Crippen LogP contribution in [0.1, 0.15) is 29.6 Å². The van der Waals surface area contributed by atoms with Crippen LogP contribution in [0.3, 0.4) is 0 Å². The Morgan fingerprint density at radius 2 is 2.00 bits per heavy atom. The molecule has 0 saturated carbocycles. The number of hydrogen-bond acceptors (Lipinski definition) is 4. The lowest BCUT2D eigenvalue weighted by Gasteiger charge is -2.11. The number of unbranched alkanes of at least 4 members (excludes halogenated alkanes) is 1. The predicted molar refractivity (Wildman–Crippen MR) is 73.2 cm³/mol. The highest BCUT2D eigenvalue weighted by Crippen LogP contribution is 2.34. The van der Waals surface area contributed by atoms with E-state index in [1.165, 1.54) is 20.3 Å². The Morgan fingerprint density at radius 1 is 1.28 bits per heavy atom. The lowest BCUT2D eigenvalue weighted by molar-refractivity contribution is 0.0974. The van der Waals surface area contributed by atoms with E-state index in [1.807, 2.05) is 0 Å². The lowest BCUT2D eigenvalue weighted by Crippen LogP contribution is -2.03. The van der Waals surface area contributed by atoms with Gasteiger partial charge in [-0.2, -0.15) is 0 Å². The number of ketones is 1. The molecule has 5 heteroatoms. The molecule has 1 aromatic carbocycles. The van der Waals surface area contributed by atoms with Gasteiger partial charge < -0.3 is 14.6 Å². The quantitative estimate of drug-likeness (QED) is 0.477. The van der Waals surface area contributed by atoms with Crippen LogP contribution in [0.15, 0.2) is 12.1 Å². The van der Waals surface area contributed by atoms with E-state index in [4.69, 9.17) is 9.47 Å². The van der Waals surface area contributed by atoms with Crippen molar-refractivity contribution in [3.05, 3.63) is 17.7 Å². The van der Waals surface area contributed by atoms with E-state index in [1.54, 1.807) is 6.07 Å². The van der Waals surface area contributed by atoms with Gasteiger partial charge in [-0.1, -0.05) is 15.9 Å². The van der Waals surface area contributed by atoms with Crippen molar-refractivity contribution >= 4 is 21.7 Å². The summed E-state index contributed by atoms with van der Waals surface area (Å²) in [6.07, 6.45) is 2.09.